The topological polar surface area (TPSA) is 56.0 Å². The molecule has 3 nitrogen and oxygen atoms in total. The van der Waals surface area contributed by atoms with E-state index >= 15 is 0 Å². The lowest BCUT2D eigenvalue weighted by atomic mass is 10.1. The Balaban J connectivity index is 0.000000921. The largest absolute Gasteiger partial charge is 0.384 e. The quantitative estimate of drug-likeness (QED) is 0.638. The number of Topliss-reactive ketones (excluding diaryl/α,β-unsaturated/α-hetero) is 1. The van der Waals surface area contributed by atoms with Crippen molar-refractivity contribution in [2.75, 3.05) is 5.73 Å². The van der Waals surface area contributed by atoms with Crippen LogP contribution in [0.3, 0.4) is 0 Å². The molecule has 0 aromatic carbocycles. The number of nitrogens with zero attached hydrogens (tertiary/aromatic N) is 1. The maximum atomic E-state index is 11.4. The zero-order chi connectivity index (χ0) is 11.8. The summed E-state index contributed by atoms with van der Waals surface area (Å²) in [5, 5.41) is 0.263. The monoisotopic (exact) mass is 228 g/mol. The van der Waals surface area contributed by atoms with Gasteiger partial charge in [-0.2, -0.15) is 0 Å². The number of carbonyl (C=O) groups is 1. The Bertz CT molecular complexity index is 306. The van der Waals surface area contributed by atoms with Crippen molar-refractivity contribution < 1.29 is 4.79 Å². The number of hydrogen-bond donors (Lipinski definition) is 1. The van der Waals surface area contributed by atoms with Crippen molar-refractivity contribution in [1.29, 1.82) is 0 Å². The first-order valence-corrected chi connectivity index (χ1v) is 5.47. The number of anilines is 1. The fraction of sp³-hybridized carbons (Fsp3) is 0.455. The van der Waals surface area contributed by atoms with Gasteiger partial charge in [0.1, 0.15) is 11.0 Å². The number of nitrogens with two attached hydrogens (primary N) is 1. The van der Waals surface area contributed by atoms with E-state index < -0.39 is 0 Å². The maximum absolute atomic E-state index is 11.4. The summed E-state index contributed by atoms with van der Waals surface area (Å²) in [7, 11) is 0. The first kappa shape index (κ1) is 13.9. The molecule has 1 aromatic rings. The van der Waals surface area contributed by atoms with Crippen molar-refractivity contribution in [2.24, 2.45) is 0 Å². The second kappa shape index (κ2) is 7.23. The molecule has 1 heterocycles. The highest BCUT2D eigenvalue weighted by atomic mass is 35.5. The third-order valence-corrected chi connectivity index (χ3v) is 1.81. The van der Waals surface area contributed by atoms with E-state index in [-0.39, 0.29) is 16.8 Å². The van der Waals surface area contributed by atoms with Crippen LogP contribution >= 0.6 is 11.6 Å². The Morgan fingerprint density at radius 2 is 2.07 bits per heavy atom. The third kappa shape index (κ3) is 4.79. The summed E-state index contributed by atoms with van der Waals surface area (Å²) < 4.78 is 0. The van der Waals surface area contributed by atoms with Crippen LogP contribution in [0.15, 0.2) is 12.1 Å². The minimum Gasteiger partial charge on any atom is -0.384 e. The molecule has 0 amide bonds. The third-order valence-electron chi connectivity index (χ3n) is 1.61. The summed E-state index contributed by atoms with van der Waals surface area (Å²) in [5.74, 6) is 0.338. The van der Waals surface area contributed by atoms with Crippen LogP contribution < -0.4 is 5.73 Å². The van der Waals surface area contributed by atoms with Gasteiger partial charge in [-0.25, -0.2) is 4.98 Å². The summed E-state index contributed by atoms with van der Waals surface area (Å²) in [6.07, 6.45) is 1.33. The molecule has 0 atom stereocenters. The van der Waals surface area contributed by atoms with Gasteiger partial charge in [0.2, 0.25) is 0 Å². The summed E-state index contributed by atoms with van der Waals surface area (Å²) in [6, 6.07) is 3.08. The first-order chi connectivity index (χ1) is 7.13. The van der Waals surface area contributed by atoms with Gasteiger partial charge in [0.05, 0.1) is 0 Å². The van der Waals surface area contributed by atoms with E-state index in [1.807, 2.05) is 20.8 Å². The van der Waals surface area contributed by atoms with Crippen molar-refractivity contribution >= 4 is 23.2 Å². The predicted molar refractivity (Wildman–Crippen MR) is 64.2 cm³/mol. The zero-order valence-electron chi connectivity index (χ0n) is 9.38. The van der Waals surface area contributed by atoms with Crippen LogP contribution in [-0.4, -0.2) is 10.8 Å². The van der Waals surface area contributed by atoms with Gasteiger partial charge in [-0.3, -0.25) is 4.79 Å². The number of nitrogen functional groups attached to an aromatic ring is 1. The molecule has 1 rings (SSSR count). The minimum absolute atomic E-state index is 0.0542. The molecule has 84 valence electrons. The summed E-state index contributed by atoms with van der Waals surface area (Å²) >= 11 is 5.65. The number of aromatic nitrogens is 1. The van der Waals surface area contributed by atoms with Gasteiger partial charge < -0.3 is 5.73 Å². The number of pyridine rings is 1. The number of halogens is 1. The lowest BCUT2D eigenvalue weighted by molar-refractivity contribution is 0.0981. The van der Waals surface area contributed by atoms with Crippen molar-refractivity contribution in [1.82, 2.24) is 4.98 Å². The highest BCUT2D eigenvalue weighted by molar-refractivity contribution is 6.29. The van der Waals surface area contributed by atoms with E-state index in [1.165, 1.54) is 6.07 Å². The molecule has 0 saturated carbocycles. The Morgan fingerprint density at radius 1 is 1.47 bits per heavy atom. The molecule has 0 spiro atoms. The normalized spacial score (nSPS) is 9.07. The van der Waals surface area contributed by atoms with Crippen LogP contribution in [0.25, 0.3) is 0 Å². The van der Waals surface area contributed by atoms with E-state index in [2.05, 4.69) is 4.98 Å². The van der Waals surface area contributed by atoms with E-state index in [1.54, 1.807) is 6.07 Å². The average Bonchev–Trinajstić information content (AvgIpc) is 2.20. The van der Waals surface area contributed by atoms with Crippen LogP contribution in [-0.2, 0) is 0 Å². The lowest BCUT2D eigenvalue weighted by Gasteiger charge is -2.00. The standard InChI is InChI=1S/C9H11ClN2O.C2H6/c1-2-3-7(13)6-4-8(10)12-9(11)5-6;1-2/h4-5H,2-3H2,1H3,(H2,11,12);1-2H3. The number of carbonyl (C=O) groups excluding carboxylic acids is 1. The predicted octanol–water partition coefficient (Wildman–Crippen LogP) is 3.33. The van der Waals surface area contributed by atoms with E-state index in [4.69, 9.17) is 17.3 Å². The highest BCUT2D eigenvalue weighted by Crippen LogP contribution is 2.14. The Kier molecular flexibility index (Phi) is 6.71. The van der Waals surface area contributed by atoms with Crippen LogP contribution in [0, 0.1) is 0 Å². The fourth-order valence-electron chi connectivity index (χ4n) is 1.05. The van der Waals surface area contributed by atoms with Gasteiger partial charge in [-0.05, 0) is 18.6 Å². The SMILES string of the molecule is CC.CCCC(=O)c1cc(N)nc(Cl)c1. The molecule has 15 heavy (non-hydrogen) atoms. The molecular weight excluding hydrogens is 212 g/mol. The Hall–Kier alpha value is -1.09. The molecule has 0 unspecified atom stereocenters. The molecule has 0 aliphatic carbocycles. The Morgan fingerprint density at radius 3 is 2.53 bits per heavy atom. The second-order valence-electron chi connectivity index (χ2n) is 2.78. The van der Waals surface area contributed by atoms with Gasteiger partial charge in [-0.15, -0.1) is 0 Å². The maximum Gasteiger partial charge on any atom is 0.163 e. The molecule has 0 aliphatic heterocycles. The van der Waals surface area contributed by atoms with Crippen molar-refractivity contribution in [3.8, 4) is 0 Å². The van der Waals surface area contributed by atoms with Crippen molar-refractivity contribution in [3.05, 3.63) is 22.8 Å². The van der Waals surface area contributed by atoms with Gasteiger partial charge >= 0.3 is 0 Å². The van der Waals surface area contributed by atoms with Gasteiger partial charge in [0.25, 0.3) is 0 Å². The van der Waals surface area contributed by atoms with E-state index in [0.29, 0.717) is 12.0 Å². The van der Waals surface area contributed by atoms with Crippen LogP contribution in [0.1, 0.15) is 44.0 Å². The van der Waals surface area contributed by atoms with Crippen molar-refractivity contribution in [2.45, 2.75) is 33.6 Å². The first-order valence-electron chi connectivity index (χ1n) is 5.09. The lowest BCUT2D eigenvalue weighted by Crippen LogP contribution is -2.01. The molecule has 0 fully saturated rings. The zero-order valence-corrected chi connectivity index (χ0v) is 10.1. The molecule has 4 heteroatoms. The number of hydrogen-bond acceptors (Lipinski definition) is 3. The van der Waals surface area contributed by atoms with Crippen molar-refractivity contribution in [3.63, 3.8) is 0 Å². The summed E-state index contributed by atoms with van der Waals surface area (Å²) in [4.78, 5) is 15.2. The van der Waals surface area contributed by atoms with Gasteiger partial charge in [0.15, 0.2) is 5.78 Å². The molecule has 1 aromatic heterocycles. The average molecular weight is 229 g/mol. The molecular formula is C11H17ClN2O. The smallest absolute Gasteiger partial charge is 0.163 e. The molecule has 0 bridgehead atoms. The second-order valence-corrected chi connectivity index (χ2v) is 3.16. The molecule has 0 saturated heterocycles. The molecule has 0 aliphatic rings. The Labute approximate surface area is 95.7 Å². The molecule has 2 N–H and O–H groups in total. The minimum atomic E-state index is 0.0542. The molecule has 0 radical (unpaired) electrons. The van der Waals surface area contributed by atoms with Crippen LogP contribution in [0.4, 0.5) is 5.82 Å². The van der Waals surface area contributed by atoms with E-state index in [9.17, 15) is 4.79 Å². The van der Waals surface area contributed by atoms with Crippen LogP contribution in [0.5, 0.6) is 0 Å². The van der Waals surface area contributed by atoms with E-state index in [0.717, 1.165) is 6.42 Å². The number of ketones is 1. The summed E-state index contributed by atoms with van der Waals surface area (Å²) in [5.41, 5.74) is 5.99. The van der Waals surface area contributed by atoms with Gasteiger partial charge in [0, 0.05) is 12.0 Å². The summed E-state index contributed by atoms with van der Waals surface area (Å²) in [6.45, 7) is 5.95. The van der Waals surface area contributed by atoms with Crippen LogP contribution in [0.2, 0.25) is 5.15 Å². The van der Waals surface area contributed by atoms with Gasteiger partial charge in [-0.1, -0.05) is 32.4 Å². The fourth-order valence-corrected chi connectivity index (χ4v) is 1.26. The number of rotatable bonds is 3. The highest BCUT2D eigenvalue weighted by Gasteiger charge is 2.06.